The standard InChI is InChI=1S/C15H20N2O4/c1-2-21-13(18)12-8-15(16,14(19)20)10-17(12)9-11-6-4-3-5-7-11/h3-7,12H,2,8-10,16H2,1H3,(H,19,20)/t12-,15-/m1/s1. The highest BCUT2D eigenvalue weighted by Gasteiger charge is 2.49. The van der Waals surface area contributed by atoms with Gasteiger partial charge in [-0.25, -0.2) is 0 Å². The van der Waals surface area contributed by atoms with E-state index in [0.717, 1.165) is 5.56 Å². The second-order valence-electron chi connectivity index (χ2n) is 5.32. The number of hydrogen-bond acceptors (Lipinski definition) is 5. The van der Waals surface area contributed by atoms with E-state index < -0.39 is 23.5 Å². The Balaban J connectivity index is 2.18. The molecular weight excluding hydrogens is 272 g/mol. The van der Waals surface area contributed by atoms with E-state index in [1.807, 2.05) is 30.3 Å². The number of nitrogens with two attached hydrogens (primary N) is 1. The van der Waals surface area contributed by atoms with Crippen molar-refractivity contribution >= 4 is 11.9 Å². The zero-order valence-electron chi connectivity index (χ0n) is 12.0. The molecule has 6 heteroatoms. The molecule has 6 nitrogen and oxygen atoms in total. The van der Waals surface area contributed by atoms with Crippen molar-refractivity contribution in [1.29, 1.82) is 0 Å². The van der Waals surface area contributed by atoms with Crippen LogP contribution in [0.5, 0.6) is 0 Å². The van der Waals surface area contributed by atoms with Crippen molar-refractivity contribution < 1.29 is 19.4 Å². The van der Waals surface area contributed by atoms with Crippen LogP contribution < -0.4 is 5.73 Å². The fraction of sp³-hybridized carbons (Fsp3) is 0.467. The van der Waals surface area contributed by atoms with Gasteiger partial charge in [-0.15, -0.1) is 0 Å². The van der Waals surface area contributed by atoms with Crippen molar-refractivity contribution in [2.45, 2.75) is 31.5 Å². The van der Waals surface area contributed by atoms with Crippen molar-refractivity contribution in [3.8, 4) is 0 Å². The first-order valence-corrected chi connectivity index (χ1v) is 6.93. The van der Waals surface area contributed by atoms with Gasteiger partial charge >= 0.3 is 11.9 Å². The van der Waals surface area contributed by atoms with Gasteiger partial charge in [-0.2, -0.15) is 0 Å². The third-order valence-corrected chi connectivity index (χ3v) is 3.70. The van der Waals surface area contributed by atoms with E-state index in [9.17, 15) is 14.7 Å². The van der Waals surface area contributed by atoms with Crippen LogP contribution in [0.25, 0.3) is 0 Å². The van der Waals surface area contributed by atoms with E-state index in [1.165, 1.54) is 0 Å². The lowest BCUT2D eigenvalue weighted by molar-refractivity contribution is -0.148. The number of aliphatic carboxylic acids is 1. The van der Waals surface area contributed by atoms with E-state index in [1.54, 1.807) is 11.8 Å². The molecule has 1 fully saturated rings. The SMILES string of the molecule is CCOC(=O)[C@H]1C[C@](N)(C(=O)O)CN1Cc1ccccc1. The predicted octanol–water partition coefficient (Wildman–Crippen LogP) is 0.606. The first-order valence-electron chi connectivity index (χ1n) is 6.93. The third kappa shape index (κ3) is 3.40. The normalized spacial score (nSPS) is 25.7. The molecule has 2 rings (SSSR count). The summed E-state index contributed by atoms with van der Waals surface area (Å²) in [6.07, 6.45) is 0.0635. The third-order valence-electron chi connectivity index (χ3n) is 3.70. The Hall–Kier alpha value is -1.92. The van der Waals surface area contributed by atoms with Crippen molar-refractivity contribution in [3.05, 3.63) is 35.9 Å². The summed E-state index contributed by atoms with van der Waals surface area (Å²) in [7, 11) is 0. The number of carboxylic acids is 1. The molecule has 2 atom stereocenters. The molecule has 0 bridgehead atoms. The topological polar surface area (TPSA) is 92.9 Å². The highest BCUT2D eigenvalue weighted by molar-refractivity contribution is 5.84. The summed E-state index contributed by atoms with van der Waals surface area (Å²) < 4.78 is 5.04. The Morgan fingerprint density at radius 2 is 2.10 bits per heavy atom. The fourth-order valence-corrected chi connectivity index (χ4v) is 2.62. The molecule has 21 heavy (non-hydrogen) atoms. The molecule has 1 aliphatic rings. The highest BCUT2D eigenvalue weighted by atomic mass is 16.5. The molecule has 0 radical (unpaired) electrons. The molecule has 1 aromatic rings. The van der Waals surface area contributed by atoms with Crippen LogP contribution in [0.15, 0.2) is 30.3 Å². The van der Waals surface area contributed by atoms with Gasteiger partial charge in [0.1, 0.15) is 11.6 Å². The van der Waals surface area contributed by atoms with Crippen LogP contribution >= 0.6 is 0 Å². The number of nitrogens with zero attached hydrogens (tertiary/aromatic N) is 1. The molecule has 114 valence electrons. The summed E-state index contributed by atoms with van der Waals surface area (Å²) in [5.41, 5.74) is 5.51. The van der Waals surface area contributed by atoms with Crippen LogP contribution in [-0.4, -0.2) is 46.7 Å². The number of carbonyl (C=O) groups is 2. The average molecular weight is 292 g/mol. The monoisotopic (exact) mass is 292 g/mol. The number of likely N-dealkylation sites (tertiary alicyclic amines) is 1. The molecule has 0 aromatic heterocycles. The molecule has 0 aliphatic carbocycles. The Morgan fingerprint density at radius 3 is 2.67 bits per heavy atom. The lowest BCUT2D eigenvalue weighted by Gasteiger charge is -2.22. The largest absolute Gasteiger partial charge is 0.480 e. The lowest BCUT2D eigenvalue weighted by atomic mass is 9.98. The maximum atomic E-state index is 12.0. The molecular formula is C15H20N2O4. The first-order chi connectivity index (χ1) is 9.96. The molecule has 1 aliphatic heterocycles. The van der Waals surface area contributed by atoms with Crippen LogP contribution in [-0.2, 0) is 20.9 Å². The summed E-state index contributed by atoms with van der Waals surface area (Å²) in [6.45, 7) is 2.58. The Labute approximate surface area is 123 Å². The summed E-state index contributed by atoms with van der Waals surface area (Å²) in [5, 5.41) is 9.28. The number of carbonyl (C=O) groups excluding carboxylic acids is 1. The maximum Gasteiger partial charge on any atom is 0.325 e. The zero-order valence-corrected chi connectivity index (χ0v) is 12.0. The average Bonchev–Trinajstić information content (AvgIpc) is 2.79. The number of benzene rings is 1. The molecule has 0 unspecified atom stereocenters. The predicted molar refractivity (Wildman–Crippen MR) is 76.4 cm³/mol. The van der Waals surface area contributed by atoms with E-state index in [4.69, 9.17) is 10.5 Å². The van der Waals surface area contributed by atoms with Crippen LogP contribution in [0.3, 0.4) is 0 Å². The minimum Gasteiger partial charge on any atom is -0.480 e. The van der Waals surface area contributed by atoms with Crippen molar-refractivity contribution in [2.24, 2.45) is 5.73 Å². The molecule has 0 spiro atoms. The summed E-state index contributed by atoms with van der Waals surface area (Å²) in [4.78, 5) is 25.2. The Kier molecular flexibility index (Phi) is 4.59. The maximum absolute atomic E-state index is 12.0. The van der Waals surface area contributed by atoms with Crippen molar-refractivity contribution in [2.75, 3.05) is 13.2 Å². The second-order valence-corrected chi connectivity index (χ2v) is 5.32. The van der Waals surface area contributed by atoms with Crippen LogP contribution in [0.2, 0.25) is 0 Å². The van der Waals surface area contributed by atoms with Gasteiger partial charge in [0.05, 0.1) is 6.61 Å². The second kappa shape index (κ2) is 6.24. The quantitative estimate of drug-likeness (QED) is 0.772. The zero-order chi connectivity index (χ0) is 15.5. The van der Waals surface area contributed by atoms with Gasteiger partial charge in [-0.1, -0.05) is 30.3 Å². The first kappa shape index (κ1) is 15.5. The van der Waals surface area contributed by atoms with Gasteiger partial charge in [0, 0.05) is 19.5 Å². The minimum atomic E-state index is -1.41. The van der Waals surface area contributed by atoms with E-state index >= 15 is 0 Å². The summed E-state index contributed by atoms with van der Waals surface area (Å²) >= 11 is 0. The number of hydrogen-bond donors (Lipinski definition) is 2. The van der Waals surface area contributed by atoms with Gasteiger partial charge in [-0.3, -0.25) is 14.5 Å². The van der Waals surface area contributed by atoms with Gasteiger partial charge in [0.15, 0.2) is 0 Å². The smallest absolute Gasteiger partial charge is 0.325 e. The Bertz CT molecular complexity index is 520. The van der Waals surface area contributed by atoms with Crippen molar-refractivity contribution in [3.63, 3.8) is 0 Å². The summed E-state index contributed by atoms with van der Waals surface area (Å²) in [5.74, 6) is -1.51. The van der Waals surface area contributed by atoms with Crippen LogP contribution in [0.1, 0.15) is 18.9 Å². The minimum absolute atomic E-state index is 0.0635. The Morgan fingerprint density at radius 1 is 1.43 bits per heavy atom. The highest BCUT2D eigenvalue weighted by Crippen LogP contribution is 2.28. The molecule has 3 N–H and O–H groups in total. The van der Waals surface area contributed by atoms with Gasteiger partial charge in [0.2, 0.25) is 0 Å². The van der Waals surface area contributed by atoms with Crippen LogP contribution in [0.4, 0.5) is 0 Å². The number of ether oxygens (including phenoxy) is 1. The molecule has 0 amide bonds. The molecule has 1 aromatic carbocycles. The van der Waals surface area contributed by atoms with Crippen molar-refractivity contribution in [1.82, 2.24) is 4.90 Å². The van der Waals surface area contributed by atoms with Gasteiger partial charge < -0.3 is 15.6 Å². The van der Waals surface area contributed by atoms with Gasteiger partial charge in [0.25, 0.3) is 0 Å². The van der Waals surface area contributed by atoms with Crippen LogP contribution in [0, 0.1) is 0 Å². The van der Waals surface area contributed by atoms with E-state index in [2.05, 4.69) is 0 Å². The number of rotatable bonds is 5. The fourth-order valence-electron chi connectivity index (χ4n) is 2.62. The lowest BCUT2D eigenvalue weighted by Crippen LogP contribution is -2.50. The molecule has 0 saturated carbocycles. The van der Waals surface area contributed by atoms with E-state index in [-0.39, 0.29) is 19.6 Å². The molecule has 1 saturated heterocycles. The number of esters is 1. The molecule has 1 heterocycles. The summed E-state index contributed by atoms with van der Waals surface area (Å²) in [6, 6.07) is 8.95. The van der Waals surface area contributed by atoms with E-state index in [0.29, 0.717) is 6.54 Å². The number of carboxylic acid groups (broad SMARTS) is 1. The van der Waals surface area contributed by atoms with Gasteiger partial charge in [-0.05, 0) is 12.5 Å².